The van der Waals surface area contributed by atoms with E-state index >= 15 is 0 Å². The minimum atomic E-state index is -2.21. The SMILES string of the molecule is CC(C)(C)[Si](C)(C)O[C@@H](CNCc1ccc2nn(CC/C=C/c3ccc(-c4ccccc4)c(NC(=O)O)c3)nc2c1)c1ccc(O)c2[nH]c(=O)ccc12. The topological polar surface area (TPSA) is 154 Å². The van der Waals surface area contributed by atoms with Crippen molar-refractivity contribution in [3.05, 3.63) is 124 Å². The number of hydrogen-bond donors (Lipinski definition) is 5. The summed E-state index contributed by atoms with van der Waals surface area (Å²) in [6, 6.07) is 28.2. The Morgan fingerprint density at radius 3 is 2.51 bits per heavy atom. The average Bonchev–Trinajstić information content (AvgIpc) is 3.52. The number of hydrogen-bond acceptors (Lipinski definition) is 7. The number of carbonyl (C=O) groups is 1. The quantitative estimate of drug-likeness (QED) is 0.0740. The first kappa shape index (κ1) is 37.2. The van der Waals surface area contributed by atoms with Crippen molar-refractivity contribution in [3.63, 3.8) is 0 Å². The number of fused-ring (bicyclic) bond motifs is 2. The molecule has 6 rings (SSSR count). The molecule has 0 fully saturated rings. The van der Waals surface area contributed by atoms with Crippen LogP contribution in [0.4, 0.5) is 10.5 Å². The fourth-order valence-corrected chi connectivity index (χ4v) is 7.29. The highest BCUT2D eigenvalue weighted by atomic mass is 28.4. The lowest BCUT2D eigenvalue weighted by Crippen LogP contribution is -2.43. The molecule has 2 aromatic heterocycles. The van der Waals surface area contributed by atoms with Crippen LogP contribution in [0.25, 0.3) is 39.1 Å². The highest BCUT2D eigenvalue weighted by Gasteiger charge is 2.39. The van der Waals surface area contributed by atoms with Crippen molar-refractivity contribution in [1.29, 1.82) is 0 Å². The molecule has 6 aromatic rings. The summed E-state index contributed by atoms with van der Waals surface area (Å²) in [5.41, 5.74) is 6.86. The van der Waals surface area contributed by atoms with Gasteiger partial charge in [-0.1, -0.05) is 87.5 Å². The molecular formula is C41H46N6O5Si. The molecule has 1 atom stereocenters. The molecule has 11 nitrogen and oxygen atoms in total. The second kappa shape index (κ2) is 15.6. The van der Waals surface area contributed by atoms with Gasteiger partial charge in [0.05, 0.1) is 23.9 Å². The predicted molar refractivity (Wildman–Crippen MR) is 214 cm³/mol. The van der Waals surface area contributed by atoms with Gasteiger partial charge in [0.2, 0.25) is 5.56 Å². The first-order chi connectivity index (χ1) is 25.3. The molecule has 0 spiro atoms. The molecule has 0 aliphatic heterocycles. The van der Waals surface area contributed by atoms with Gasteiger partial charge in [-0.3, -0.25) is 10.1 Å². The van der Waals surface area contributed by atoms with Gasteiger partial charge in [0.15, 0.2) is 8.32 Å². The number of aromatic nitrogens is 4. The second-order valence-corrected chi connectivity index (χ2v) is 19.5. The Labute approximate surface area is 309 Å². The van der Waals surface area contributed by atoms with Gasteiger partial charge >= 0.3 is 6.09 Å². The summed E-state index contributed by atoms with van der Waals surface area (Å²) >= 11 is 0. The fourth-order valence-electron chi connectivity index (χ4n) is 6.01. The molecule has 0 saturated carbocycles. The average molecular weight is 731 g/mol. The number of phenolic OH excluding ortho intramolecular Hbond substituents is 1. The third-order valence-corrected chi connectivity index (χ3v) is 14.3. The largest absolute Gasteiger partial charge is 0.506 e. The van der Waals surface area contributed by atoms with Gasteiger partial charge < -0.3 is 24.9 Å². The van der Waals surface area contributed by atoms with E-state index in [0.29, 0.717) is 37.3 Å². The van der Waals surface area contributed by atoms with Crippen molar-refractivity contribution in [1.82, 2.24) is 25.3 Å². The molecule has 0 aliphatic carbocycles. The zero-order valence-electron chi connectivity index (χ0n) is 30.7. The monoisotopic (exact) mass is 730 g/mol. The maximum atomic E-state index is 12.1. The highest BCUT2D eigenvalue weighted by Crippen LogP contribution is 2.41. The molecule has 0 aliphatic rings. The molecule has 1 amide bonds. The minimum absolute atomic E-state index is 0.0178. The van der Waals surface area contributed by atoms with Gasteiger partial charge in [0.1, 0.15) is 16.8 Å². The number of pyridine rings is 1. The molecule has 53 heavy (non-hydrogen) atoms. The Hall–Kier alpha value is -5.56. The number of benzene rings is 4. The number of rotatable bonds is 13. The number of phenols is 1. The third-order valence-electron chi connectivity index (χ3n) is 9.82. The lowest BCUT2D eigenvalue weighted by molar-refractivity contribution is 0.181. The zero-order chi connectivity index (χ0) is 37.8. The number of nitrogens with one attached hydrogen (secondary N) is 3. The van der Waals surface area contributed by atoms with Crippen LogP contribution >= 0.6 is 0 Å². The van der Waals surface area contributed by atoms with Gasteiger partial charge in [0.25, 0.3) is 0 Å². The molecule has 0 radical (unpaired) electrons. The minimum Gasteiger partial charge on any atom is -0.506 e. The Bertz CT molecular complexity index is 2330. The fraction of sp³-hybridized carbons (Fsp3) is 0.268. The first-order valence-corrected chi connectivity index (χ1v) is 20.6. The standard InChI is InChI=1S/C41H46N6O5Si/c1-41(2,3)53(4,5)52-37(31-17-20-36(48)39-32(31)18-21-38(49)44-39)26-42-25-28-15-19-33-35(24-28)46-47(45-33)22-10-9-11-27-14-16-30(29-12-7-6-8-13-29)34(23-27)43-40(50)51/h6-9,11-21,23-24,37,42-43,48H,10,22,25-26H2,1-5H3,(H,44,49)(H,50,51)/b11-9+/t37-/m0/s1. The molecule has 274 valence electrons. The summed E-state index contributed by atoms with van der Waals surface area (Å²) in [6.07, 6.45) is 3.26. The predicted octanol–water partition coefficient (Wildman–Crippen LogP) is 8.69. The summed E-state index contributed by atoms with van der Waals surface area (Å²) in [5, 5.41) is 36.1. The second-order valence-electron chi connectivity index (χ2n) is 14.7. The maximum Gasteiger partial charge on any atom is 0.409 e. The van der Waals surface area contributed by atoms with E-state index < -0.39 is 14.4 Å². The Morgan fingerprint density at radius 2 is 1.75 bits per heavy atom. The number of aromatic amines is 1. The van der Waals surface area contributed by atoms with Crippen LogP contribution in [-0.2, 0) is 17.5 Å². The van der Waals surface area contributed by atoms with E-state index in [1.807, 2.05) is 84.9 Å². The van der Waals surface area contributed by atoms with Crippen LogP contribution in [0, 0.1) is 0 Å². The van der Waals surface area contributed by atoms with E-state index in [1.54, 1.807) is 16.9 Å². The van der Waals surface area contributed by atoms with Crippen LogP contribution < -0.4 is 16.2 Å². The number of amides is 1. The van der Waals surface area contributed by atoms with Crippen LogP contribution in [0.5, 0.6) is 5.75 Å². The van der Waals surface area contributed by atoms with E-state index in [0.717, 1.165) is 44.2 Å². The highest BCUT2D eigenvalue weighted by molar-refractivity contribution is 6.74. The van der Waals surface area contributed by atoms with E-state index in [4.69, 9.17) is 9.52 Å². The number of aryl methyl sites for hydroxylation is 1. The Morgan fingerprint density at radius 1 is 0.981 bits per heavy atom. The lowest BCUT2D eigenvalue weighted by Gasteiger charge is -2.39. The number of nitrogens with zero attached hydrogens (tertiary/aromatic N) is 3. The molecule has 2 heterocycles. The van der Waals surface area contributed by atoms with Crippen molar-refractivity contribution in [3.8, 4) is 16.9 Å². The summed E-state index contributed by atoms with van der Waals surface area (Å²) in [7, 11) is -2.21. The normalized spacial score (nSPS) is 12.8. The van der Waals surface area contributed by atoms with Gasteiger partial charge in [-0.05, 0) is 77.1 Å². The van der Waals surface area contributed by atoms with E-state index in [-0.39, 0.29) is 22.5 Å². The summed E-state index contributed by atoms with van der Waals surface area (Å²) in [4.78, 5) is 28.0. The lowest BCUT2D eigenvalue weighted by atomic mass is 10.0. The molecule has 0 unspecified atom stereocenters. The van der Waals surface area contributed by atoms with Crippen LogP contribution in [0.1, 0.15) is 50.0 Å². The summed E-state index contributed by atoms with van der Waals surface area (Å²) in [5.74, 6) is 0.0239. The molecule has 0 bridgehead atoms. The zero-order valence-corrected chi connectivity index (χ0v) is 31.7. The molecule has 5 N–H and O–H groups in total. The van der Waals surface area contributed by atoms with Gasteiger partial charge in [-0.2, -0.15) is 15.0 Å². The smallest absolute Gasteiger partial charge is 0.409 e. The van der Waals surface area contributed by atoms with Crippen molar-refractivity contribution in [2.24, 2.45) is 0 Å². The van der Waals surface area contributed by atoms with Crippen LogP contribution in [0.15, 0.2) is 102 Å². The number of carboxylic acid groups (broad SMARTS) is 1. The van der Waals surface area contributed by atoms with E-state index in [9.17, 15) is 19.8 Å². The van der Waals surface area contributed by atoms with E-state index in [2.05, 4.69) is 54.6 Å². The number of aromatic hydroxyl groups is 1. The van der Waals surface area contributed by atoms with Crippen LogP contribution in [0.3, 0.4) is 0 Å². The maximum absolute atomic E-state index is 12.1. The van der Waals surface area contributed by atoms with Crippen molar-refractivity contribution < 1.29 is 19.4 Å². The van der Waals surface area contributed by atoms with Gasteiger partial charge in [-0.15, -0.1) is 0 Å². The Balaban J connectivity index is 1.11. The molecule has 12 heteroatoms. The first-order valence-electron chi connectivity index (χ1n) is 17.7. The Kier molecular flexibility index (Phi) is 10.9. The van der Waals surface area contributed by atoms with Gasteiger partial charge in [0, 0.05) is 30.1 Å². The molecular weight excluding hydrogens is 685 g/mol. The number of H-pyrrole nitrogens is 1. The van der Waals surface area contributed by atoms with Crippen molar-refractivity contribution in [2.75, 3.05) is 11.9 Å². The summed E-state index contributed by atoms with van der Waals surface area (Å²) in [6.45, 7) is 12.7. The molecule has 4 aromatic carbocycles. The van der Waals surface area contributed by atoms with Crippen LogP contribution in [0.2, 0.25) is 18.1 Å². The number of allylic oxidation sites excluding steroid dienone is 1. The van der Waals surface area contributed by atoms with Crippen molar-refractivity contribution >= 4 is 48.1 Å². The third kappa shape index (κ3) is 8.91. The van der Waals surface area contributed by atoms with E-state index in [1.165, 1.54) is 6.07 Å². The summed E-state index contributed by atoms with van der Waals surface area (Å²) < 4.78 is 6.94. The number of anilines is 1. The van der Waals surface area contributed by atoms with Gasteiger partial charge in [-0.25, -0.2) is 4.79 Å². The van der Waals surface area contributed by atoms with Crippen LogP contribution in [-0.4, -0.2) is 51.1 Å². The molecule has 0 saturated heterocycles. The van der Waals surface area contributed by atoms with Crippen molar-refractivity contribution in [2.45, 2.75) is 64.5 Å².